The molecule has 0 aliphatic carbocycles. The first-order valence-electron chi connectivity index (χ1n) is 3.67. The molecule has 0 saturated heterocycles. The van der Waals surface area contributed by atoms with Gasteiger partial charge in [-0.25, -0.2) is 9.78 Å². The normalized spacial score (nSPS) is 9.57. The summed E-state index contributed by atoms with van der Waals surface area (Å²) >= 11 is 5.56. The second kappa shape index (κ2) is 4.06. The van der Waals surface area contributed by atoms with Crippen LogP contribution in [0.2, 0.25) is 5.15 Å². The van der Waals surface area contributed by atoms with E-state index in [0.29, 0.717) is 0 Å². The Labute approximate surface area is 84.7 Å². The van der Waals surface area contributed by atoms with E-state index in [1.54, 1.807) is 0 Å². The van der Waals surface area contributed by atoms with Crippen LogP contribution in [0.1, 0.15) is 17.3 Å². The summed E-state index contributed by atoms with van der Waals surface area (Å²) in [4.78, 5) is 25.1. The molecule has 1 rings (SSSR count). The van der Waals surface area contributed by atoms with Crippen molar-refractivity contribution >= 4 is 29.2 Å². The van der Waals surface area contributed by atoms with Gasteiger partial charge >= 0.3 is 6.09 Å². The van der Waals surface area contributed by atoms with Crippen LogP contribution in [0.5, 0.6) is 0 Å². The maximum Gasteiger partial charge on any atom is 0.409 e. The molecule has 2 N–H and O–H groups in total. The van der Waals surface area contributed by atoms with Crippen LogP contribution in [0, 0.1) is 0 Å². The third-order valence-electron chi connectivity index (χ3n) is 1.49. The van der Waals surface area contributed by atoms with Gasteiger partial charge < -0.3 is 5.11 Å². The quantitative estimate of drug-likeness (QED) is 0.583. The fraction of sp³-hybridized carbons (Fsp3) is 0.125. The minimum Gasteiger partial charge on any atom is -0.465 e. The lowest BCUT2D eigenvalue weighted by molar-refractivity contribution is 0.101. The van der Waals surface area contributed by atoms with Gasteiger partial charge in [-0.2, -0.15) is 0 Å². The summed E-state index contributed by atoms with van der Waals surface area (Å²) in [5.74, 6) is -0.280. The zero-order valence-electron chi connectivity index (χ0n) is 7.24. The Kier molecular flexibility index (Phi) is 3.03. The highest BCUT2D eigenvalue weighted by Crippen LogP contribution is 2.18. The Hall–Kier alpha value is -1.62. The van der Waals surface area contributed by atoms with Crippen molar-refractivity contribution in [1.82, 2.24) is 4.98 Å². The molecule has 6 heteroatoms. The van der Waals surface area contributed by atoms with Gasteiger partial charge in [0.25, 0.3) is 0 Å². The molecule has 0 aliphatic rings. The average Bonchev–Trinajstić information content (AvgIpc) is 2.07. The molecule has 14 heavy (non-hydrogen) atoms. The minimum absolute atomic E-state index is 0.134. The number of nitrogens with one attached hydrogen (secondary N) is 1. The van der Waals surface area contributed by atoms with Crippen molar-refractivity contribution in [2.24, 2.45) is 0 Å². The van der Waals surface area contributed by atoms with Crippen LogP contribution in [0.25, 0.3) is 0 Å². The van der Waals surface area contributed by atoms with Gasteiger partial charge in [0.2, 0.25) is 0 Å². The van der Waals surface area contributed by atoms with E-state index in [2.05, 4.69) is 10.3 Å². The fourth-order valence-electron chi connectivity index (χ4n) is 0.936. The number of carbonyl (C=O) groups excluding carboxylic acids is 1. The van der Waals surface area contributed by atoms with E-state index in [-0.39, 0.29) is 22.2 Å². The number of hydrogen-bond acceptors (Lipinski definition) is 3. The highest BCUT2D eigenvalue weighted by molar-refractivity contribution is 6.30. The number of rotatable bonds is 2. The molecule has 0 radical (unpaired) electrons. The van der Waals surface area contributed by atoms with Gasteiger partial charge in [0.15, 0.2) is 5.78 Å². The molecule has 0 unspecified atom stereocenters. The van der Waals surface area contributed by atoms with Gasteiger partial charge in [-0.1, -0.05) is 11.6 Å². The molecule has 74 valence electrons. The Morgan fingerprint density at radius 2 is 2.21 bits per heavy atom. The van der Waals surface area contributed by atoms with Crippen molar-refractivity contribution < 1.29 is 14.7 Å². The number of pyridine rings is 1. The molecule has 0 aromatic carbocycles. The van der Waals surface area contributed by atoms with Crippen LogP contribution in [0.3, 0.4) is 0 Å². The zero-order chi connectivity index (χ0) is 10.7. The summed E-state index contributed by atoms with van der Waals surface area (Å²) in [6, 6.07) is 1.31. The van der Waals surface area contributed by atoms with E-state index >= 15 is 0 Å². The smallest absolute Gasteiger partial charge is 0.409 e. The monoisotopic (exact) mass is 214 g/mol. The highest BCUT2D eigenvalue weighted by atomic mass is 35.5. The average molecular weight is 215 g/mol. The zero-order valence-corrected chi connectivity index (χ0v) is 8.00. The fourth-order valence-corrected chi connectivity index (χ4v) is 1.09. The van der Waals surface area contributed by atoms with E-state index in [9.17, 15) is 9.59 Å². The molecule has 0 aliphatic heterocycles. The molecule has 0 bridgehead atoms. The third kappa shape index (κ3) is 2.43. The van der Waals surface area contributed by atoms with Crippen LogP contribution < -0.4 is 5.32 Å². The van der Waals surface area contributed by atoms with Crippen molar-refractivity contribution in [2.45, 2.75) is 6.92 Å². The SMILES string of the molecule is CC(=O)c1cc(Cl)ncc1NC(=O)O. The van der Waals surface area contributed by atoms with Gasteiger partial charge in [-0.3, -0.25) is 10.1 Å². The minimum atomic E-state index is -1.25. The largest absolute Gasteiger partial charge is 0.465 e. The number of amides is 1. The van der Waals surface area contributed by atoms with Crippen molar-refractivity contribution in [2.75, 3.05) is 5.32 Å². The molecule has 1 aromatic rings. The standard InChI is InChI=1S/C8H7ClN2O3/c1-4(12)5-2-7(9)10-3-6(5)11-8(13)14/h2-3,11H,1H3,(H,13,14). The van der Waals surface area contributed by atoms with Crippen molar-refractivity contribution in [3.8, 4) is 0 Å². The number of carbonyl (C=O) groups is 2. The Balaban J connectivity index is 3.14. The third-order valence-corrected chi connectivity index (χ3v) is 1.70. The number of anilines is 1. The number of halogens is 1. The topological polar surface area (TPSA) is 79.3 Å². The van der Waals surface area contributed by atoms with Crippen molar-refractivity contribution in [1.29, 1.82) is 0 Å². The van der Waals surface area contributed by atoms with E-state index in [4.69, 9.17) is 16.7 Å². The number of carboxylic acid groups (broad SMARTS) is 1. The molecule has 0 saturated carbocycles. The number of hydrogen-bond donors (Lipinski definition) is 2. The van der Waals surface area contributed by atoms with E-state index < -0.39 is 6.09 Å². The summed E-state index contributed by atoms with van der Waals surface area (Å²) in [6.07, 6.45) is -0.0516. The number of nitrogens with zero attached hydrogens (tertiary/aromatic N) is 1. The van der Waals surface area contributed by atoms with Gasteiger partial charge in [0, 0.05) is 5.56 Å². The molecular weight excluding hydrogens is 208 g/mol. The molecule has 0 fully saturated rings. The molecule has 1 heterocycles. The first-order chi connectivity index (χ1) is 6.50. The van der Waals surface area contributed by atoms with Gasteiger partial charge in [0.05, 0.1) is 11.9 Å². The summed E-state index contributed by atoms with van der Waals surface area (Å²) in [6.45, 7) is 1.32. The highest BCUT2D eigenvalue weighted by Gasteiger charge is 2.10. The first kappa shape index (κ1) is 10.5. The molecule has 5 nitrogen and oxygen atoms in total. The lowest BCUT2D eigenvalue weighted by Gasteiger charge is -2.05. The Bertz CT molecular complexity index is 392. The summed E-state index contributed by atoms with van der Waals surface area (Å²) in [5, 5.41) is 10.7. The maximum atomic E-state index is 11.1. The summed E-state index contributed by atoms with van der Waals surface area (Å²) < 4.78 is 0. The lowest BCUT2D eigenvalue weighted by Crippen LogP contribution is -2.11. The molecular formula is C8H7ClN2O3. The lowest BCUT2D eigenvalue weighted by atomic mass is 10.1. The molecule has 0 spiro atoms. The van der Waals surface area contributed by atoms with Crippen LogP contribution in [0.15, 0.2) is 12.3 Å². The molecule has 1 amide bonds. The Morgan fingerprint density at radius 3 is 2.71 bits per heavy atom. The van der Waals surface area contributed by atoms with Gasteiger partial charge in [-0.05, 0) is 13.0 Å². The summed E-state index contributed by atoms with van der Waals surface area (Å²) in [7, 11) is 0. The summed E-state index contributed by atoms with van der Waals surface area (Å²) in [5.41, 5.74) is 0.335. The second-order valence-electron chi connectivity index (χ2n) is 2.54. The van der Waals surface area contributed by atoms with Crippen LogP contribution in [-0.4, -0.2) is 22.0 Å². The maximum absolute atomic E-state index is 11.1. The molecule has 1 aromatic heterocycles. The van der Waals surface area contributed by atoms with E-state index in [1.165, 1.54) is 19.2 Å². The van der Waals surface area contributed by atoms with Gasteiger partial charge in [-0.15, -0.1) is 0 Å². The number of aromatic nitrogens is 1. The predicted octanol–water partition coefficient (Wildman–Crippen LogP) is 2.03. The van der Waals surface area contributed by atoms with Crippen LogP contribution in [-0.2, 0) is 0 Å². The van der Waals surface area contributed by atoms with E-state index in [1.807, 2.05) is 0 Å². The number of ketones is 1. The van der Waals surface area contributed by atoms with E-state index in [0.717, 1.165) is 0 Å². The second-order valence-corrected chi connectivity index (χ2v) is 2.93. The molecule has 0 atom stereocenters. The van der Waals surface area contributed by atoms with Gasteiger partial charge in [0.1, 0.15) is 5.15 Å². The van der Waals surface area contributed by atoms with Crippen LogP contribution in [0.4, 0.5) is 10.5 Å². The van der Waals surface area contributed by atoms with Crippen molar-refractivity contribution in [3.05, 3.63) is 23.0 Å². The van der Waals surface area contributed by atoms with Crippen LogP contribution >= 0.6 is 11.6 Å². The van der Waals surface area contributed by atoms with Crippen molar-refractivity contribution in [3.63, 3.8) is 0 Å². The first-order valence-corrected chi connectivity index (χ1v) is 4.05. The number of Topliss-reactive ketones (excluding diaryl/α,β-unsaturated/α-hetero) is 1. The Morgan fingerprint density at radius 1 is 1.57 bits per heavy atom. The predicted molar refractivity (Wildman–Crippen MR) is 50.9 cm³/mol.